The molecule has 0 aromatic heterocycles. The van der Waals surface area contributed by atoms with Crippen LogP contribution in [0, 0.1) is 0 Å². The zero-order valence-corrected chi connectivity index (χ0v) is 10.8. The standard InChI is InChI=1S/C14H16F3NO2/c15-14(16,17)20-12-5-3-11(4-6-12)19-13-7-9-1-2-10(8-13)18-9/h3-6,9-10,13,18H,1-2,7-8H2. The molecule has 2 atom stereocenters. The van der Waals surface area contributed by atoms with Crippen LogP contribution in [0.1, 0.15) is 25.7 Å². The van der Waals surface area contributed by atoms with E-state index in [1.165, 1.54) is 37.1 Å². The Morgan fingerprint density at radius 3 is 2.05 bits per heavy atom. The fourth-order valence-corrected chi connectivity index (χ4v) is 3.01. The van der Waals surface area contributed by atoms with Crippen molar-refractivity contribution in [2.75, 3.05) is 0 Å². The zero-order chi connectivity index (χ0) is 14.2. The number of ether oxygens (including phenoxy) is 2. The van der Waals surface area contributed by atoms with E-state index in [-0.39, 0.29) is 11.9 Å². The maximum Gasteiger partial charge on any atom is 0.573 e. The highest BCUT2D eigenvalue weighted by atomic mass is 19.4. The van der Waals surface area contributed by atoms with Crippen molar-refractivity contribution in [3.05, 3.63) is 24.3 Å². The topological polar surface area (TPSA) is 30.5 Å². The van der Waals surface area contributed by atoms with Gasteiger partial charge in [-0.3, -0.25) is 0 Å². The molecule has 2 fully saturated rings. The smallest absolute Gasteiger partial charge is 0.490 e. The molecule has 110 valence electrons. The summed E-state index contributed by atoms with van der Waals surface area (Å²) in [5.74, 6) is 0.362. The minimum Gasteiger partial charge on any atom is -0.490 e. The van der Waals surface area contributed by atoms with E-state index < -0.39 is 6.36 Å². The summed E-state index contributed by atoms with van der Waals surface area (Å²) in [6.45, 7) is 0. The second kappa shape index (κ2) is 5.16. The van der Waals surface area contributed by atoms with Gasteiger partial charge in [-0.2, -0.15) is 0 Å². The van der Waals surface area contributed by atoms with Crippen LogP contribution in [0.3, 0.4) is 0 Å². The van der Waals surface area contributed by atoms with Gasteiger partial charge in [-0.15, -0.1) is 13.2 Å². The molecule has 3 nitrogen and oxygen atoms in total. The summed E-state index contributed by atoms with van der Waals surface area (Å²) in [7, 11) is 0. The lowest BCUT2D eigenvalue weighted by molar-refractivity contribution is -0.274. The minimum absolute atomic E-state index is 0.142. The van der Waals surface area contributed by atoms with E-state index in [4.69, 9.17) is 4.74 Å². The fraction of sp³-hybridized carbons (Fsp3) is 0.571. The molecule has 0 saturated carbocycles. The molecule has 0 spiro atoms. The molecule has 2 unspecified atom stereocenters. The van der Waals surface area contributed by atoms with Crippen molar-refractivity contribution in [1.29, 1.82) is 0 Å². The Labute approximate surface area is 115 Å². The Balaban J connectivity index is 1.58. The number of nitrogens with one attached hydrogen (secondary N) is 1. The Hall–Kier alpha value is -1.43. The van der Waals surface area contributed by atoms with Crippen LogP contribution in [-0.4, -0.2) is 24.6 Å². The summed E-state index contributed by atoms with van der Waals surface area (Å²) in [6, 6.07) is 6.63. The normalized spacial score (nSPS) is 29.2. The number of fused-ring (bicyclic) bond motifs is 2. The molecule has 1 aromatic carbocycles. The highest BCUT2D eigenvalue weighted by molar-refractivity contribution is 5.31. The van der Waals surface area contributed by atoms with E-state index in [0.717, 1.165) is 12.8 Å². The van der Waals surface area contributed by atoms with Crippen LogP contribution in [-0.2, 0) is 0 Å². The molecule has 2 bridgehead atoms. The van der Waals surface area contributed by atoms with Crippen LogP contribution in [0.2, 0.25) is 0 Å². The summed E-state index contributed by atoms with van der Waals surface area (Å²) in [5, 5.41) is 3.52. The highest BCUT2D eigenvalue weighted by Crippen LogP contribution is 2.30. The molecular weight excluding hydrogens is 271 g/mol. The van der Waals surface area contributed by atoms with Gasteiger partial charge in [0.2, 0.25) is 0 Å². The van der Waals surface area contributed by atoms with Crippen molar-refractivity contribution in [2.45, 2.75) is 50.2 Å². The SMILES string of the molecule is FC(F)(F)Oc1ccc(OC2CC3CCC(C2)N3)cc1. The fourth-order valence-electron chi connectivity index (χ4n) is 3.01. The molecule has 3 rings (SSSR count). The number of halogens is 3. The van der Waals surface area contributed by atoms with Crippen molar-refractivity contribution < 1.29 is 22.6 Å². The maximum atomic E-state index is 12.0. The number of rotatable bonds is 3. The first-order valence-electron chi connectivity index (χ1n) is 6.76. The maximum absolute atomic E-state index is 12.0. The number of benzene rings is 1. The minimum atomic E-state index is -4.66. The third-order valence-corrected chi connectivity index (χ3v) is 3.79. The zero-order valence-electron chi connectivity index (χ0n) is 10.8. The van der Waals surface area contributed by atoms with E-state index in [2.05, 4.69) is 10.1 Å². The second-order valence-corrected chi connectivity index (χ2v) is 5.37. The molecule has 6 heteroatoms. The van der Waals surface area contributed by atoms with Crippen molar-refractivity contribution in [3.63, 3.8) is 0 Å². The van der Waals surface area contributed by atoms with E-state index in [0.29, 0.717) is 17.8 Å². The predicted molar refractivity (Wildman–Crippen MR) is 66.7 cm³/mol. The molecule has 2 aliphatic rings. The van der Waals surface area contributed by atoms with E-state index >= 15 is 0 Å². The van der Waals surface area contributed by atoms with Gasteiger partial charge in [0.25, 0.3) is 0 Å². The second-order valence-electron chi connectivity index (χ2n) is 5.37. The summed E-state index contributed by atoms with van der Waals surface area (Å²) in [5.41, 5.74) is 0. The average Bonchev–Trinajstić information content (AvgIpc) is 2.70. The number of piperidine rings is 1. The van der Waals surface area contributed by atoms with Crippen LogP contribution in [0.4, 0.5) is 13.2 Å². The number of alkyl halides is 3. The predicted octanol–water partition coefficient (Wildman–Crippen LogP) is 3.25. The summed E-state index contributed by atoms with van der Waals surface area (Å²) in [6.07, 6.45) is -0.236. The molecule has 0 aliphatic carbocycles. The van der Waals surface area contributed by atoms with Gasteiger partial charge in [0.05, 0.1) is 0 Å². The molecule has 2 aliphatic heterocycles. The van der Waals surface area contributed by atoms with Gasteiger partial charge in [-0.05, 0) is 49.9 Å². The van der Waals surface area contributed by atoms with Gasteiger partial charge in [0, 0.05) is 12.1 Å². The molecule has 2 heterocycles. The monoisotopic (exact) mass is 287 g/mol. The summed E-state index contributed by atoms with van der Waals surface area (Å²) in [4.78, 5) is 0. The summed E-state index contributed by atoms with van der Waals surface area (Å²) < 4.78 is 45.8. The number of hydrogen-bond acceptors (Lipinski definition) is 3. The van der Waals surface area contributed by atoms with Gasteiger partial charge in [-0.1, -0.05) is 0 Å². The highest BCUT2D eigenvalue weighted by Gasteiger charge is 2.34. The lowest BCUT2D eigenvalue weighted by Gasteiger charge is -2.29. The molecular formula is C14H16F3NO2. The quantitative estimate of drug-likeness (QED) is 0.925. The lowest BCUT2D eigenvalue weighted by atomic mass is 10.0. The van der Waals surface area contributed by atoms with Crippen molar-refractivity contribution in [1.82, 2.24) is 5.32 Å². The van der Waals surface area contributed by atoms with Crippen LogP contribution in [0.5, 0.6) is 11.5 Å². The first-order chi connectivity index (χ1) is 9.48. The first kappa shape index (κ1) is 13.5. The first-order valence-corrected chi connectivity index (χ1v) is 6.76. The van der Waals surface area contributed by atoms with Crippen molar-refractivity contribution >= 4 is 0 Å². The Kier molecular flexibility index (Phi) is 3.50. The van der Waals surface area contributed by atoms with E-state index in [1.807, 2.05) is 0 Å². The molecule has 2 saturated heterocycles. The van der Waals surface area contributed by atoms with Gasteiger partial charge >= 0.3 is 6.36 Å². The van der Waals surface area contributed by atoms with Gasteiger partial charge in [-0.25, -0.2) is 0 Å². The lowest BCUT2D eigenvalue weighted by Crippen LogP contribution is -2.42. The number of hydrogen-bond donors (Lipinski definition) is 1. The molecule has 1 aromatic rings. The largest absolute Gasteiger partial charge is 0.573 e. The molecule has 20 heavy (non-hydrogen) atoms. The molecule has 0 radical (unpaired) electrons. The van der Waals surface area contributed by atoms with Gasteiger partial charge in [0.15, 0.2) is 0 Å². The van der Waals surface area contributed by atoms with Gasteiger partial charge in [0.1, 0.15) is 17.6 Å². The van der Waals surface area contributed by atoms with Crippen molar-refractivity contribution in [2.24, 2.45) is 0 Å². The van der Waals surface area contributed by atoms with Crippen LogP contribution in [0.25, 0.3) is 0 Å². The Morgan fingerprint density at radius 2 is 1.50 bits per heavy atom. The van der Waals surface area contributed by atoms with Gasteiger partial charge < -0.3 is 14.8 Å². The van der Waals surface area contributed by atoms with Crippen LogP contribution < -0.4 is 14.8 Å². The Morgan fingerprint density at radius 1 is 0.950 bits per heavy atom. The third-order valence-electron chi connectivity index (χ3n) is 3.79. The average molecular weight is 287 g/mol. The Bertz CT molecular complexity index is 448. The summed E-state index contributed by atoms with van der Waals surface area (Å²) >= 11 is 0. The molecule has 0 amide bonds. The van der Waals surface area contributed by atoms with Crippen LogP contribution >= 0.6 is 0 Å². The van der Waals surface area contributed by atoms with Crippen LogP contribution in [0.15, 0.2) is 24.3 Å². The van der Waals surface area contributed by atoms with E-state index in [9.17, 15) is 13.2 Å². The van der Waals surface area contributed by atoms with Crippen molar-refractivity contribution in [3.8, 4) is 11.5 Å². The van der Waals surface area contributed by atoms with E-state index in [1.54, 1.807) is 0 Å². The molecule has 1 N–H and O–H groups in total. The third kappa shape index (κ3) is 3.36.